The lowest BCUT2D eigenvalue weighted by atomic mass is 9.88. The molecule has 0 radical (unpaired) electrons. The molecule has 1 fully saturated rings. The van der Waals surface area contributed by atoms with E-state index in [4.69, 9.17) is 0 Å². The monoisotopic (exact) mass is 198 g/mol. The van der Waals surface area contributed by atoms with Gasteiger partial charge in [0.1, 0.15) is 5.78 Å². The molecule has 0 heterocycles. The summed E-state index contributed by atoms with van der Waals surface area (Å²) in [6.07, 6.45) is 3.79. The third-order valence-corrected chi connectivity index (χ3v) is 2.83. The first-order valence-corrected chi connectivity index (χ1v) is 5.55. The quantitative estimate of drug-likeness (QED) is 0.666. The van der Waals surface area contributed by atoms with Crippen molar-refractivity contribution < 1.29 is 4.79 Å². The van der Waals surface area contributed by atoms with Crippen LogP contribution in [0.1, 0.15) is 25.7 Å². The van der Waals surface area contributed by atoms with Crippen LogP contribution in [0, 0.1) is 5.92 Å². The summed E-state index contributed by atoms with van der Waals surface area (Å²) in [6, 6.07) is 0. The fourth-order valence-corrected chi connectivity index (χ4v) is 1.81. The minimum atomic E-state index is 0.453. The second-order valence-electron chi connectivity index (χ2n) is 4.49. The Balaban J connectivity index is 1.99. The number of likely N-dealkylation sites (N-methyl/N-ethyl adjacent to an activating group) is 1. The van der Waals surface area contributed by atoms with Crippen molar-refractivity contribution in [2.45, 2.75) is 25.7 Å². The summed E-state index contributed by atoms with van der Waals surface area (Å²) < 4.78 is 0. The van der Waals surface area contributed by atoms with Crippen LogP contribution in [0.3, 0.4) is 0 Å². The SMILES string of the molecule is CN(C)CCNCC1CCC(=O)CC1. The highest BCUT2D eigenvalue weighted by atomic mass is 16.1. The van der Waals surface area contributed by atoms with E-state index in [1.54, 1.807) is 0 Å². The maximum atomic E-state index is 11.0. The van der Waals surface area contributed by atoms with Gasteiger partial charge in [0.05, 0.1) is 0 Å². The third-order valence-electron chi connectivity index (χ3n) is 2.83. The zero-order valence-corrected chi connectivity index (χ0v) is 9.38. The minimum Gasteiger partial charge on any atom is -0.315 e. The zero-order valence-electron chi connectivity index (χ0n) is 9.38. The molecule has 1 aliphatic carbocycles. The summed E-state index contributed by atoms with van der Waals surface area (Å²) in [5, 5.41) is 3.45. The summed E-state index contributed by atoms with van der Waals surface area (Å²) in [5.74, 6) is 1.18. The van der Waals surface area contributed by atoms with E-state index in [-0.39, 0.29) is 0 Å². The van der Waals surface area contributed by atoms with Crippen LogP contribution < -0.4 is 5.32 Å². The van der Waals surface area contributed by atoms with E-state index in [0.717, 1.165) is 51.2 Å². The molecule has 1 saturated carbocycles. The highest BCUT2D eigenvalue weighted by Gasteiger charge is 2.17. The van der Waals surface area contributed by atoms with E-state index in [1.165, 1.54) is 0 Å². The highest BCUT2D eigenvalue weighted by Crippen LogP contribution is 2.20. The molecule has 82 valence electrons. The Bertz CT molecular complexity index is 170. The Hall–Kier alpha value is -0.410. The highest BCUT2D eigenvalue weighted by molar-refractivity contribution is 5.79. The molecule has 3 heteroatoms. The van der Waals surface area contributed by atoms with Crippen molar-refractivity contribution in [3.63, 3.8) is 0 Å². The lowest BCUT2D eigenvalue weighted by Crippen LogP contribution is -2.31. The summed E-state index contributed by atoms with van der Waals surface area (Å²) in [5.41, 5.74) is 0. The van der Waals surface area contributed by atoms with Crippen LogP contribution in [0.2, 0.25) is 0 Å². The second-order valence-corrected chi connectivity index (χ2v) is 4.49. The molecular weight excluding hydrogens is 176 g/mol. The lowest BCUT2D eigenvalue weighted by molar-refractivity contribution is -0.120. The van der Waals surface area contributed by atoms with Crippen molar-refractivity contribution in [1.82, 2.24) is 10.2 Å². The van der Waals surface area contributed by atoms with Crippen molar-refractivity contribution >= 4 is 5.78 Å². The maximum Gasteiger partial charge on any atom is 0.132 e. The van der Waals surface area contributed by atoms with E-state index >= 15 is 0 Å². The van der Waals surface area contributed by atoms with E-state index in [9.17, 15) is 4.79 Å². The van der Waals surface area contributed by atoms with Gasteiger partial charge in [-0.05, 0) is 39.4 Å². The van der Waals surface area contributed by atoms with Crippen LogP contribution in [0.25, 0.3) is 0 Å². The summed E-state index contributed by atoms with van der Waals surface area (Å²) >= 11 is 0. The molecule has 0 bridgehead atoms. The maximum absolute atomic E-state index is 11.0. The molecule has 1 aliphatic rings. The van der Waals surface area contributed by atoms with Crippen molar-refractivity contribution in [1.29, 1.82) is 0 Å². The van der Waals surface area contributed by atoms with Gasteiger partial charge in [-0.25, -0.2) is 0 Å². The number of hydrogen-bond acceptors (Lipinski definition) is 3. The van der Waals surface area contributed by atoms with Crippen LogP contribution >= 0.6 is 0 Å². The molecule has 0 saturated heterocycles. The molecule has 0 aromatic carbocycles. The van der Waals surface area contributed by atoms with Gasteiger partial charge in [-0.3, -0.25) is 4.79 Å². The summed E-state index contributed by atoms with van der Waals surface area (Å²) in [7, 11) is 4.17. The molecule has 1 N–H and O–H groups in total. The Morgan fingerprint density at radius 2 is 2.00 bits per heavy atom. The first kappa shape index (κ1) is 11.7. The van der Waals surface area contributed by atoms with Crippen LogP contribution in [-0.4, -0.2) is 44.4 Å². The zero-order chi connectivity index (χ0) is 10.4. The predicted molar refractivity (Wildman–Crippen MR) is 58.4 cm³/mol. The van der Waals surface area contributed by atoms with Gasteiger partial charge in [-0.2, -0.15) is 0 Å². The van der Waals surface area contributed by atoms with Crippen molar-refractivity contribution in [3.8, 4) is 0 Å². The number of carbonyl (C=O) groups is 1. The topological polar surface area (TPSA) is 32.3 Å². The first-order chi connectivity index (χ1) is 6.68. The third kappa shape index (κ3) is 4.72. The average Bonchev–Trinajstić information content (AvgIpc) is 2.15. The number of ketones is 1. The number of carbonyl (C=O) groups excluding carboxylic acids is 1. The average molecular weight is 198 g/mol. The molecule has 0 unspecified atom stereocenters. The number of nitrogens with zero attached hydrogens (tertiary/aromatic N) is 1. The van der Waals surface area contributed by atoms with Crippen molar-refractivity contribution in [3.05, 3.63) is 0 Å². The van der Waals surface area contributed by atoms with Gasteiger partial charge in [0, 0.05) is 25.9 Å². The van der Waals surface area contributed by atoms with Crippen LogP contribution in [0.15, 0.2) is 0 Å². The lowest BCUT2D eigenvalue weighted by Gasteiger charge is -2.21. The van der Waals surface area contributed by atoms with E-state index < -0.39 is 0 Å². The number of rotatable bonds is 5. The molecule has 14 heavy (non-hydrogen) atoms. The number of hydrogen-bond donors (Lipinski definition) is 1. The first-order valence-electron chi connectivity index (χ1n) is 5.55. The summed E-state index contributed by atoms with van der Waals surface area (Å²) in [6.45, 7) is 3.23. The van der Waals surface area contributed by atoms with Gasteiger partial charge >= 0.3 is 0 Å². The fraction of sp³-hybridized carbons (Fsp3) is 0.909. The Morgan fingerprint density at radius 3 is 2.57 bits per heavy atom. The smallest absolute Gasteiger partial charge is 0.132 e. The van der Waals surface area contributed by atoms with Gasteiger partial charge in [0.15, 0.2) is 0 Å². The van der Waals surface area contributed by atoms with Gasteiger partial charge < -0.3 is 10.2 Å². The van der Waals surface area contributed by atoms with E-state index in [2.05, 4.69) is 24.3 Å². The standard InChI is InChI=1S/C11H22N2O/c1-13(2)8-7-12-9-10-3-5-11(14)6-4-10/h10,12H,3-9H2,1-2H3. The van der Waals surface area contributed by atoms with E-state index in [0.29, 0.717) is 5.78 Å². The Morgan fingerprint density at radius 1 is 1.36 bits per heavy atom. The van der Waals surface area contributed by atoms with Crippen LogP contribution in [0.5, 0.6) is 0 Å². The van der Waals surface area contributed by atoms with Gasteiger partial charge in [-0.1, -0.05) is 0 Å². The molecule has 0 aromatic heterocycles. The largest absolute Gasteiger partial charge is 0.315 e. The van der Waals surface area contributed by atoms with Crippen molar-refractivity contribution in [2.75, 3.05) is 33.7 Å². The Kier molecular flexibility index (Phi) is 5.12. The van der Waals surface area contributed by atoms with Gasteiger partial charge in [0.25, 0.3) is 0 Å². The van der Waals surface area contributed by atoms with Gasteiger partial charge in [-0.15, -0.1) is 0 Å². The van der Waals surface area contributed by atoms with Gasteiger partial charge in [0.2, 0.25) is 0 Å². The molecule has 3 nitrogen and oxygen atoms in total. The van der Waals surface area contributed by atoms with Crippen molar-refractivity contribution in [2.24, 2.45) is 5.92 Å². The van der Waals surface area contributed by atoms with E-state index in [1.807, 2.05) is 0 Å². The molecular formula is C11H22N2O. The molecule has 0 amide bonds. The molecule has 0 atom stereocenters. The second kappa shape index (κ2) is 6.14. The van der Waals surface area contributed by atoms with Crippen LogP contribution in [-0.2, 0) is 4.79 Å². The van der Waals surface area contributed by atoms with Crippen LogP contribution in [0.4, 0.5) is 0 Å². The minimum absolute atomic E-state index is 0.453. The normalized spacial score (nSPS) is 19.2. The molecule has 1 rings (SSSR count). The fourth-order valence-electron chi connectivity index (χ4n) is 1.81. The predicted octanol–water partition coefficient (Wildman–Crippen LogP) is 0.897. The molecule has 0 spiro atoms. The number of nitrogens with one attached hydrogen (secondary N) is 1. The molecule has 0 aromatic rings. The Labute approximate surface area is 86.9 Å². The summed E-state index contributed by atoms with van der Waals surface area (Å²) in [4.78, 5) is 13.2. The number of Topliss-reactive ketones (excluding diaryl/α,β-unsaturated/α-hetero) is 1. The molecule has 0 aliphatic heterocycles.